The Morgan fingerprint density at radius 3 is 2.83 bits per heavy atom. The molecule has 1 aromatic carbocycles. The number of aliphatic imine (C=N–C) groups is 1. The number of ether oxygens (including phenoxy) is 1. The zero-order valence-electron chi connectivity index (χ0n) is 13.3. The zero-order chi connectivity index (χ0) is 15.8. The summed E-state index contributed by atoms with van der Waals surface area (Å²) in [5.74, 6) is 1.12. The third-order valence-corrected chi connectivity index (χ3v) is 3.77. The number of benzene rings is 1. The fourth-order valence-electron chi connectivity index (χ4n) is 1.97. The van der Waals surface area contributed by atoms with Gasteiger partial charge in [0.2, 0.25) is 0 Å². The molecule has 0 heterocycles. The quantitative estimate of drug-likeness (QED) is 0.273. The van der Waals surface area contributed by atoms with E-state index >= 15 is 0 Å². The van der Waals surface area contributed by atoms with E-state index in [0.29, 0.717) is 12.5 Å². The summed E-state index contributed by atoms with van der Waals surface area (Å²) < 4.78 is 18.7. The van der Waals surface area contributed by atoms with Crippen molar-refractivity contribution in [1.29, 1.82) is 0 Å². The Morgan fingerprint density at radius 2 is 2.17 bits per heavy atom. The van der Waals surface area contributed by atoms with Gasteiger partial charge in [-0.05, 0) is 42.9 Å². The summed E-state index contributed by atoms with van der Waals surface area (Å²) in [6.45, 7) is 3.01. The van der Waals surface area contributed by atoms with Crippen molar-refractivity contribution in [3.05, 3.63) is 34.6 Å². The largest absolute Gasteiger partial charge is 0.381 e. The number of nitrogens with one attached hydrogen (secondary N) is 2. The lowest BCUT2D eigenvalue weighted by Crippen LogP contribution is -2.37. The average Bonchev–Trinajstić information content (AvgIpc) is 3.33. The fourth-order valence-corrected chi connectivity index (χ4v) is 2.17. The van der Waals surface area contributed by atoms with Crippen LogP contribution in [0.5, 0.6) is 0 Å². The van der Waals surface area contributed by atoms with E-state index in [1.165, 1.54) is 18.9 Å². The standard InChI is InChI=1S/C16H23ClFN3O.HI/c1-19-16(20-7-2-8-22-11-12-3-4-12)21-10-13-5-6-15(18)14(17)9-13;/h5-6,9,12H,2-4,7-8,10-11H2,1H3,(H2,19,20,21);1H. The van der Waals surface area contributed by atoms with Gasteiger partial charge in [-0.25, -0.2) is 4.39 Å². The van der Waals surface area contributed by atoms with Crippen LogP contribution in [0.3, 0.4) is 0 Å². The van der Waals surface area contributed by atoms with Crippen LogP contribution in [0, 0.1) is 11.7 Å². The molecule has 1 aliphatic carbocycles. The van der Waals surface area contributed by atoms with Crippen molar-refractivity contribution in [2.75, 3.05) is 26.8 Å². The lowest BCUT2D eigenvalue weighted by molar-refractivity contribution is 0.123. The molecule has 0 atom stereocenters. The number of nitrogens with zero attached hydrogens (tertiary/aromatic N) is 1. The van der Waals surface area contributed by atoms with Gasteiger partial charge in [0.25, 0.3) is 0 Å². The molecule has 1 aliphatic rings. The SMILES string of the molecule is CN=C(NCCCOCC1CC1)NCc1ccc(F)c(Cl)c1.I. The predicted octanol–water partition coefficient (Wildman–Crippen LogP) is 3.58. The molecule has 0 unspecified atom stereocenters. The van der Waals surface area contributed by atoms with Crippen LogP contribution in [0.15, 0.2) is 23.2 Å². The van der Waals surface area contributed by atoms with Crippen molar-refractivity contribution >= 4 is 41.5 Å². The summed E-state index contributed by atoms with van der Waals surface area (Å²) in [5.41, 5.74) is 0.905. The van der Waals surface area contributed by atoms with Gasteiger partial charge in [0.1, 0.15) is 5.82 Å². The number of rotatable bonds is 8. The second-order valence-electron chi connectivity index (χ2n) is 5.47. The van der Waals surface area contributed by atoms with Crippen LogP contribution in [0.1, 0.15) is 24.8 Å². The minimum atomic E-state index is -0.404. The molecule has 2 N–H and O–H groups in total. The molecule has 0 bridgehead atoms. The van der Waals surface area contributed by atoms with Gasteiger partial charge < -0.3 is 15.4 Å². The molecule has 0 saturated heterocycles. The maximum Gasteiger partial charge on any atom is 0.191 e. The zero-order valence-corrected chi connectivity index (χ0v) is 16.4. The van der Waals surface area contributed by atoms with E-state index in [9.17, 15) is 4.39 Å². The minimum absolute atomic E-state index is 0. The van der Waals surface area contributed by atoms with Gasteiger partial charge in [-0.1, -0.05) is 17.7 Å². The lowest BCUT2D eigenvalue weighted by Gasteiger charge is -2.12. The molecule has 130 valence electrons. The van der Waals surface area contributed by atoms with Crippen LogP contribution < -0.4 is 10.6 Å². The van der Waals surface area contributed by atoms with Gasteiger partial charge in [0.05, 0.1) is 5.02 Å². The molecule has 4 nitrogen and oxygen atoms in total. The van der Waals surface area contributed by atoms with Crippen LogP contribution in [0.4, 0.5) is 4.39 Å². The maximum absolute atomic E-state index is 13.1. The van der Waals surface area contributed by atoms with E-state index in [-0.39, 0.29) is 29.0 Å². The first-order valence-electron chi connectivity index (χ1n) is 7.65. The predicted molar refractivity (Wildman–Crippen MR) is 103 cm³/mol. The normalized spacial score (nSPS) is 14.3. The highest BCUT2D eigenvalue weighted by Crippen LogP contribution is 2.28. The second kappa shape index (κ2) is 11.0. The van der Waals surface area contributed by atoms with Gasteiger partial charge in [-0.2, -0.15) is 0 Å². The molecule has 23 heavy (non-hydrogen) atoms. The Hall–Kier alpha value is -0.600. The Labute approximate surface area is 159 Å². The van der Waals surface area contributed by atoms with E-state index in [1.807, 2.05) is 0 Å². The molecule has 2 rings (SSSR count). The molecule has 0 aromatic heterocycles. The van der Waals surface area contributed by atoms with Crippen LogP contribution in [0.25, 0.3) is 0 Å². The first-order chi connectivity index (χ1) is 10.7. The minimum Gasteiger partial charge on any atom is -0.381 e. The third-order valence-electron chi connectivity index (χ3n) is 3.48. The van der Waals surface area contributed by atoms with E-state index in [4.69, 9.17) is 16.3 Å². The van der Waals surface area contributed by atoms with E-state index in [2.05, 4.69) is 15.6 Å². The summed E-state index contributed by atoms with van der Waals surface area (Å²) in [5, 5.41) is 6.52. The van der Waals surface area contributed by atoms with Crippen molar-refractivity contribution in [2.45, 2.75) is 25.8 Å². The first kappa shape index (κ1) is 20.4. The number of hydrogen-bond donors (Lipinski definition) is 2. The Morgan fingerprint density at radius 1 is 1.39 bits per heavy atom. The highest BCUT2D eigenvalue weighted by Gasteiger charge is 2.20. The van der Waals surface area contributed by atoms with Gasteiger partial charge in [0, 0.05) is 33.4 Å². The van der Waals surface area contributed by atoms with Crippen molar-refractivity contribution in [2.24, 2.45) is 10.9 Å². The molecule has 0 aliphatic heterocycles. The molecule has 0 radical (unpaired) electrons. The van der Waals surface area contributed by atoms with Gasteiger partial charge in [-0.3, -0.25) is 4.99 Å². The first-order valence-corrected chi connectivity index (χ1v) is 8.03. The van der Waals surface area contributed by atoms with Gasteiger partial charge in [-0.15, -0.1) is 24.0 Å². The van der Waals surface area contributed by atoms with Gasteiger partial charge >= 0.3 is 0 Å². The van der Waals surface area contributed by atoms with E-state index < -0.39 is 5.82 Å². The molecular formula is C16H24ClFIN3O. The molecule has 0 amide bonds. The van der Waals surface area contributed by atoms with Crippen molar-refractivity contribution in [1.82, 2.24) is 10.6 Å². The summed E-state index contributed by atoms with van der Waals surface area (Å²) in [6.07, 6.45) is 3.58. The summed E-state index contributed by atoms with van der Waals surface area (Å²) >= 11 is 5.76. The second-order valence-corrected chi connectivity index (χ2v) is 5.88. The monoisotopic (exact) mass is 455 g/mol. The molecule has 1 saturated carbocycles. The average molecular weight is 456 g/mol. The molecular weight excluding hydrogens is 432 g/mol. The number of guanidine groups is 1. The van der Waals surface area contributed by atoms with E-state index in [1.54, 1.807) is 19.2 Å². The van der Waals surface area contributed by atoms with Crippen molar-refractivity contribution < 1.29 is 9.13 Å². The summed E-state index contributed by atoms with van der Waals surface area (Å²) in [7, 11) is 1.72. The fraction of sp³-hybridized carbons (Fsp3) is 0.562. The highest BCUT2D eigenvalue weighted by molar-refractivity contribution is 14.0. The lowest BCUT2D eigenvalue weighted by atomic mass is 10.2. The van der Waals surface area contributed by atoms with Crippen LogP contribution >= 0.6 is 35.6 Å². The Balaban J connectivity index is 0.00000264. The Bertz CT molecular complexity index is 512. The van der Waals surface area contributed by atoms with Crippen molar-refractivity contribution in [3.63, 3.8) is 0 Å². The maximum atomic E-state index is 13.1. The van der Waals surface area contributed by atoms with Crippen LogP contribution in [-0.2, 0) is 11.3 Å². The summed E-state index contributed by atoms with van der Waals surface area (Å²) in [4.78, 5) is 4.15. The smallest absolute Gasteiger partial charge is 0.191 e. The molecule has 1 fully saturated rings. The van der Waals surface area contributed by atoms with Crippen LogP contribution in [0.2, 0.25) is 5.02 Å². The molecule has 7 heteroatoms. The van der Waals surface area contributed by atoms with Gasteiger partial charge in [0.15, 0.2) is 5.96 Å². The molecule has 1 aromatic rings. The third kappa shape index (κ3) is 8.17. The topological polar surface area (TPSA) is 45.7 Å². The highest BCUT2D eigenvalue weighted by atomic mass is 127. The number of hydrogen-bond acceptors (Lipinski definition) is 2. The number of halogens is 3. The van der Waals surface area contributed by atoms with E-state index in [0.717, 1.165) is 37.7 Å². The molecule has 0 spiro atoms. The van der Waals surface area contributed by atoms with Crippen molar-refractivity contribution in [3.8, 4) is 0 Å². The summed E-state index contributed by atoms with van der Waals surface area (Å²) in [6, 6.07) is 4.68. The Kier molecular flexibility index (Phi) is 9.81. The van der Waals surface area contributed by atoms with Crippen LogP contribution in [-0.4, -0.2) is 32.8 Å².